The van der Waals surface area contributed by atoms with Crippen molar-refractivity contribution in [3.05, 3.63) is 40.8 Å². The summed E-state index contributed by atoms with van der Waals surface area (Å²) in [6.45, 7) is 8.50. The first-order chi connectivity index (χ1) is 16.2. The molecule has 3 heterocycles. The highest BCUT2D eigenvalue weighted by Gasteiger charge is 2.31. The first-order valence-corrected chi connectivity index (χ1v) is 12.6. The lowest BCUT2D eigenvalue weighted by Crippen LogP contribution is -2.57. The number of aryl methyl sites for hydroxylation is 1. The molecule has 2 aromatic rings. The molecular formula is C25H33N5O3S. The van der Waals surface area contributed by atoms with Crippen molar-refractivity contribution < 1.29 is 14.7 Å². The highest BCUT2D eigenvalue weighted by atomic mass is 32.1. The lowest BCUT2D eigenvalue weighted by Gasteiger charge is -2.41. The number of carbonyl (C=O) groups excluding carboxylic acids is 1. The van der Waals surface area contributed by atoms with Gasteiger partial charge in [-0.15, -0.1) is 11.3 Å². The van der Waals surface area contributed by atoms with Crippen LogP contribution in [0.2, 0.25) is 0 Å². The van der Waals surface area contributed by atoms with Gasteiger partial charge in [-0.3, -0.25) is 14.5 Å². The topological polar surface area (TPSA) is 97.3 Å². The predicted molar refractivity (Wildman–Crippen MR) is 137 cm³/mol. The molecule has 1 fully saturated rings. The van der Waals surface area contributed by atoms with Crippen molar-refractivity contribution in [2.24, 2.45) is 16.8 Å². The van der Waals surface area contributed by atoms with Crippen LogP contribution in [0.3, 0.4) is 0 Å². The van der Waals surface area contributed by atoms with E-state index in [1.807, 2.05) is 18.2 Å². The van der Waals surface area contributed by atoms with Gasteiger partial charge in [-0.25, -0.2) is 4.99 Å². The number of nitrogens with one attached hydrogen (secondary N) is 2. The summed E-state index contributed by atoms with van der Waals surface area (Å²) in [5.74, 6) is -0.891. The fourth-order valence-corrected chi connectivity index (χ4v) is 5.40. The zero-order valence-electron chi connectivity index (χ0n) is 20.2. The van der Waals surface area contributed by atoms with Gasteiger partial charge >= 0.3 is 5.97 Å². The number of aliphatic imine (C=N–C) groups is 1. The van der Waals surface area contributed by atoms with Crippen LogP contribution >= 0.6 is 11.3 Å². The van der Waals surface area contributed by atoms with Crippen molar-refractivity contribution in [2.45, 2.75) is 33.2 Å². The summed E-state index contributed by atoms with van der Waals surface area (Å²) in [4.78, 5) is 34.6. The van der Waals surface area contributed by atoms with E-state index in [-0.39, 0.29) is 17.9 Å². The van der Waals surface area contributed by atoms with Crippen molar-refractivity contribution in [1.29, 1.82) is 0 Å². The minimum atomic E-state index is -0.870. The van der Waals surface area contributed by atoms with E-state index < -0.39 is 11.9 Å². The molecule has 9 heteroatoms. The van der Waals surface area contributed by atoms with Crippen LogP contribution in [-0.2, 0) is 9.59 Å². The Labute approximate surface area is 204 Å². The van der Waals surface area contributed by atoms with Crippen molar-refractivity contribution >= 4 is 45.4 Å². The SMILES string of the molecule is Cc1cc2c(s1)Nc1ccccc1N=C2N1CCN(C)C(CNC(=O)C(C)CC(C)C(=O)O)C1. The van der Waals surface area contributed by atoms with E-state index in [0.29, 0.717) is 13.0 Å². The molecule has 1 aromatic carbocycles. The number of aliphatic carboxylic acids is 1. The second kappa shape index (κ2) is 10.1. The molecule has 1 saturated heterocycles. The smallest absolute Gasteiger partial charge is 0.306 e. The number of fused-ring (bicyclic) bond motifs is 2. The zero-order chi connectivity index (χ0) is 24.4. The highest BCUT2D eigenvalue weighted by Crippen LogP contribution is 2.39. The van der Waals surface area contributed by atoms with Gasteiger partial charge in [0.15, 0.2) is 0 Å². The zero-order valence-corrected chi connectivity index (χ0v) is 21.0. The molecule has 0 radical (unpaired) electrons. The summed E-state index contributed by atoms with van der Waals surface area (Å²) in [6.07, 6.45) is 0.331. The van der Waals surface area contributed by atoms with Gasteiger partial charge in [0, 0.05) is 43.0 Å². The minimum Gasteiger partial charge on any atom is -0.481 e. The van der Waals surface area contributed by atoms with Crippen LogP contribution in [0.1, 0.15) is 30.7 Å². The molecule has 2 aliphatic heterocycles. The maximum atomic E-state index is 12.6. The Morgan fingerprint density at radius 2 is 2.03 bits per heavy atom. The number of benzene rings is 1. The van der Waals surface area contributed by atoms with Crippen LogP contribution in [-0.4, -0.2) is 71.9 Å². The minimum absolute atomic E-state index is 0.0979. The summed E-state index contributed by atoms with van der Waals surface area (Å²) in [7, 11) is 2.08. The van der Waals surface area contributed by atoms with E-state index in [2.05, 4.69) is 46.5 Å². The first kappa shape index (κ1) is 24.2. The number of carboxylic acids is 1. The lowest BCUT2D eigenvalue weighted by atomic mass is 9.96. The Morgan fingerprint density at radius 1 is 1.26 bits per heavy atom. The number of hydrogen-bond acceptors (Lipinski definition) is 7. The number of nitrogens with zero attached hydrogens (tertiary/aromatic N) is 3. The molecule has 34 heavy (non-hydrogen) atoms. The quantitative estimate of drug-likeness (QED) is 0.580. The molecule has 4 rings (SSSR count). The number of piperazine rings is 1. The van der Waals surface area contributed by atoms with Gasteiger partial charge in [-0.2, -0.15) is 0 Å². The molecule has 3 unspecified atom stereocenters. The molecule has 3 atom stereocenters. The fourth-order valence-electron chi connectivity index (χ4n) is 4.48. The van der Waals surface area contributed by atoms with E-state index in [1.54, 1.807) is 25.2 Å². The molecule has 1 aromatic heterocycles. The number of likely N-dealkylation sites (N-methyl/N-ethyl adjacent to an activating group) is 1. The van der Waals surface area contributed by atoms with Gasteiger partial charge in [-0.1, -0.05) is 26.0 Å². The second-order valence-electron chi connectivity index (χ2n) is 9.38. The molecule has 182 valence electrons. The Kier molecular flexibility index (Phi) is 7.23. The number of para-hydroxylation sites is 2. The summed E-state index contributed by atoms with van der Waals surface area (Å²) in [5, 5.41) is 16.8. The van der Waals surface area contributed by atoms with E-state index in [0.717, 1.165) is 47.4 Å². The van der Waals surface area contributed by atoms with Crippen LogP contribution < -0.4 is 10.6 Å². The van der Waals surface area contributed by atoms with Crippen LogP contribution in [0, 0.1) is 18.8 Å². The fraction of sp³-hybridized carbons (Fsp3) is 0.480. The maximum Gasteiger partial charge on any atom is 0.306 e. The van der Waals surface area contributed by atoms with Gasteiger partial charge in [0.1, 0.15) is 10.8 Å². The number of rotatable bonds is 6. The number of carbonyl (C=O) groups is 2. The molecule has 2 aliphatic rings. The van der Waals surface area contributed by atoms with Gasteiger partial charge in [-0.05, 0) is 38.6 Å². The van der Waals surface area contributed by atoms with E-state index in [4.69, 9.17) is 10.1 Å². The highest BCUT2D eigenvalue weighted by molar-refractivity contribution is 7.16. The lowest BCUT2D eigenvalue weighted by molar-refractivity contribution is -0.142. The molecule has 0 saturated carbocycles. The summed E-state index contributed by atoms with van der Waals surface area (Å²) in [6, 6.07) is 10.4. The van der Waals surface area contributed by atoms with E-state index in [9.17, 15) is 9.59 Å². The van der Waals surface area contributed by atoms with Crippen molar-refractivity contribution in [3.8, 4) is 0 Å². The first-order valence-electron chi connectivity index (χ1n) is 11.7. The summed E-state index contributed by atoms with van der Waals surface area (Å²) >= 11 is 1.73. The molecule has 0 bridgehead atoms. The molecule has 8 nitrogen and oxygen atoms in total. The third kappa shape index (κ3) is 5.26. The van der Waals surface area contributed by atoms with Crippen LogP contribution in [0.25, 0.3) is 0 Å². The number of amides is 1. The number of amidine groups is 1. The largest absolute Gasteiger partial charge is 0.481 e. The Hall–Kier alpha value is -2.91. The third-order valence-electron chi connectivity index (χ3n) is 6.64. The molecule has 0 aliphatic carbocycles. The van der Waals surface area contributed by atoms with Gasteiger partial charge < -0.3 is 20.6 Å². The number of thiophene rings is 1. The van der Waals surface area contributed by atoms with E-state index in [1.165, 1.54) is 4.88 Å². The summed E-state index contributed by atoms with van der Waals surface area (Å²) < 4.78 is 0. The average molecular weight is 484 g/mol. The molecule has 0 spiro atoms. The molecule has 1 amide bonds. The van der Waals surface area contributed by atoms with Crippen LogP contribution in [0.15, 0.2) is 35.3 Å². The van der Waals surface area contributed by atoms with Gasteiger partial charge in [0.2, 0.25) is 5.91 Å². The molecule has 3 N–H and O–H groups in total. The van der Waals surface area contributed by atoms with Crippen LogP contribution in [0.5, 0.6) is 0 Å². The third-order valence-corrected chi connectivity index (χ3v) is 7.61. The molecular weight excluding hydrogens is 450 g/mol. The van der Waals surface area contributed by atoms with Gasteiger partial charge in [0.05, 0.1) is 22.9 Å². The normalized spacial score (nSPS) is 19.7. The number of hydrogen-bond donors (Lipinski definition) is 3. The summed E-state index contributed by atoms with van der Waals surface area (Å²) in [5.41, 5.74) is 3.04. The number of anilines is 2. The second-order valence-corrected chi connectivity index (χ2v) is 10.6. The monoisotopic (exact) mass is 483 g/mol. The standard InChI is InChI=1S/C25H33N5O3S/c1-15(11-16(2)25(32)33)23(31)26-13-18-14-30(10-9-29(18)4)22-19-12-17(3)34-24(19)28-21-8-6-5-7-20(21)27-22/h5-8,12,15-16,18,28H,9-11,13-14H2,1-4H3,(H,26,31)(H,32,33). The Balaban J connectivity index is 1.49. The van der Waals surface area contributed by atoms with Crippen LogP contribution in [0.4, 0.5) is 16.4 Å². The Morgan fingerprint density at radius 3 is 2.79 bits per heavy atom. The van der Waals surface area contributed by atoms with Gasteiger partial charge in [0.25, 0.3) is 0 Å². The maximum absolute atomic E-state index is 12.6. The Bertz CT molecular complexity index is 1100. The van der Waals surface area contributed by atoms with E-state index >= 15 is 0 Å². The van der Waals surface area contributed by atoms with Crippen molar-refractivity contribution in [3.63, 3.8) is 0 Å². The van der Waals surface area contributed by atoms with Crippen molar-refractivity contribution in [2.75, 3.05) is 38.5 Å². The predicted octanol–water partition coefficient (Wildman–Crippen LogP) is 3.67. The average Bonchev–Trinajstić information content (AvgIpc) is 3.09. The van der Waals surface area contributed by atoms with Crippen molar-refractivity contribution in [1.82, 2.24) is 15.1 Å². The number of carboxylic acid groups (broad SMARTS) is 1.